The predicted octanol–water partition coefficient (Wildman–Crippen LogP) is 1.69. The summed E-state index contributed by atoms with van der Waals surface area (Å²) in [5.74, 6) is -0.396. The summed E-state index contributed by atoms with van der Waals surface area (Å²) in [6.07, 6.45) is 1.39. The maximum Gasteiger partial charge on any atom is 0.291 e. The first-order valence-corrected chi connectivity index (χ1v) is 5.97. The van der Waals surface area contributed by atoms with Gasteiger partial charge in [0.25, 0.3) is 5.91 Å². The van der Waals surface area contributed by atoms with Crippen molar-refractivity contribution >= 4 is 23.5 Å². The molecular formula is C11H11FN4OS. The number of nitrogens with zero attached hydrogens (tertiary/aromatic N) is 3. The van der Waals surface area contributed by atoms with Crippen LogP contribution in [0.25, 0.3) is 0 Å². The molecule has 0 saturated carbocycles. The monoisotopic (exact) mass is 266 g/mol. The number of hydrogen-bond donors (Lipinski definition) is 1. The molecule has 2 aromatic heterocycles. The molecule has 0 aliphatic rings. The Balaban J connectivity index is 1.98. The molecule has 94 valence electrons. The van der Waals surface area contributed by atoms with E-state index in [0.717, 1.165) is 17.0 Å². The molecule has 0 unspecified atom stereocenters. The van der Waals surface area contributed by atoms with Crippen molar-refractivity contribution in [2.45, 2.75) is 6.92 Å². The SMILES string of the molecule is Cc1cc(C(=O)N/N=C/c2ccc(F)s2)nn1C. The predicted molar refractivity (Wildman–Crippen MR) is 67.3 cm³/mol. The molecule has 0 radical (unpaired) electrons. The van der Waals surface area contributed by atoms with Gasteiger partial charge in [-0.25, -0.2) is 5.43 Å². The molecule has 0 bridgehead atoms. The summed E-state index contributed by atoms with van der Waals surface area (Å²) < 4.78 is 14.3. The number of thiophene rings is 1. The van der Waals surface area contributed by atoms with E-state index in [1.807, 2.05) is 6.92 Å². The van der Waals surface area contributed by atoms with Crippen molar-refractivity contribution in [1.82, 2.24) is 15.2 Å². The fourth-order valence-corrected chi connectivity index (χ4v) is 1.88. The van der Waals surface area contributed by atoms with Gasteiger partial charge in [0.15, 0.2) is 10.8 Å². The fraction of sp³-hybridized carbons (Fsp3) is 0.182. The maximum absolute atomic E-state index is 12.7. The molecule has 0 saturated heterocycles. The zero-order valence-corrected chi connectivity index (χ0v) is 10.7. The molecule has 0 aliphatic carbocycles. The highest BCUT2D eigenvalue weighted by atomic mass is 32.1. The first-order valence-electron chi connectivity index (χ1n) is 5.15. The highest BCUT2D eigenvalue weighted by Crippen LogP contribution is 2.11. The third kappa shape index (κ3) is 2.80. The molecule has 2 aromatic rings. The fourth-order valence-electron chi connectivity index (χ4n) is 1.28. The first-order chi connectivity index (χ1) is 8.56. The van der Waals surface area contributed by atoms with Gasteiger partial charge in [0, 0.05) is 12.7 Å². The second-order valence-corrected chi connectivity index (χ2v) is 4.70. The van der Waals surface area contributed by atoms with E-state index >= 15 is 0 Å². The number of carbonyl (C=O) groups is 1. The average Bonchev–Trinajstić information content (AvgIpc) is 2.87. The minimum Gasteiger partial charge on any atom is -0.272 e. The number of aryl methyl sites for hydroxylation is 2. The molecule has 0 fully saturated rings. The van der Waals surface area contributed by atoms with Crippen LogP contribution in [0.2, 0.25) is 0 Å². The van der Waals surface area contributed by atoms with Gasteiger partial charge in [-0.15, -0.1) is 11.3 Å². The molecule has 0 atom stereocenters. The topological polar surface area (TPSA) is 59.3 Å². The van der Waals surface area contributed by atoms with E-state index in [2.05, 4.69) is 15.6 Å². The second kappa shape index (κ2) is 5.09. The lowest BCUT2D eigenvalue weighted by Gasteiger charge is -1.93. The van der Waals surface area contributed by atoms with Crippen LogP contribution in [0.15, 0.2) is 23.3 Å². The van der Waals surface area contributed by atoms with Crippen LogP contribution in [-0.2, 0) is 7.05 Å². The Morgan fingerprint density at radius 3 is 2.94 bits per heavy atom. The average molecular weight is 266 g/mol. The normalized spacial score (nSPS) is 11.1. The number of hydrazone groups is 1. The molecule has 1 N–H and O–H groups in total. The van der Waals surface area contributed by atoms with Gasteiger partial charge in [0.1, 0.15) is 0 Å². The lowest BCUT2D eigenvalue weighted by molar-refractivity contribution is 0.0949. The van der Waals surface area contributed by atoms with Crippen molar-refractivity contribution in [3.8, 4) is 0 Å². The molecule has 5 nitrogen and oxygen atoms in total. The van der Waals surface area contributed by atoms with Crippen LogP contribution >= 0.6 is 11.3 Å². The molecule has 0 aliphatic heterocycles. The Morgan fingerprint density at radius 2 is 2.39 bits per heavy atom. The number of amides is 1. The number of carbonyl (C=O) groups excluding carboxylic acids is 1. The lowest BCUT2D eigenvalue weighted by Crippen LogP contribution is -2.18. The zero-order chi connectivity index (χ0) is 13.1. The Bertz CT molecular complexity index is 582. The molecular weight excluding hydrogens is 255 g/mol. The van der Waals surface area contributed by atoms with Crippen molar-refractivity contribution in [3.05, 3.63) is 39.6 Å². The van der Waals surface area contributed by atoms with E-state index in [0.29, 0.717) is 10.6 Å². The highest BCUT2D eigenvalue weighted by Gasteiger charge is 2.09. The lowest BCUT2D eigenvalue weighted by atomic mass is 10.3. The number of halogens is 1. The summed E-state index contributed by atoms with van der Waals surface area (Å²) in [4.78, 5) is 12.3. The summed E-state index contributed by atoms with van der Waals surface area (Å²) in [6, 6.07) is 4.59. The number of rotatable bonds is 3. The molecule has 0 aromatic carbocycles. The van der Waals surface area contributed by atoms with E-state index in [-0.39, 0.29) is 5.13 Å². The number of nitrogens with one attached hydrogen (secondary N) is 1. The van der Waals surface area contributed by atoms with E-state index < -0.39 is 5.91 Å². The van der Waals surface area contributed by atoms with Crippen molar-refractivity contribution in [2.24, 2.45) is 12.1 Å². The standard InChI is InChI=1S/C11H11FN4OS/c1-7-5-9(15-16(7)2)11(17)14-13-6-8-3-4-10(12)18-8/h3-6H,1-2H3,(H,14,17)/b13-6+. The van der Waals surface area contributed by atoms with Crippen LogP contribution in [0.5, 0.6) is 0 Å². The molecule has 1 amide bonds. The minimum absolute atomic E-state index is 0.289. The van der Waals surface area contributed by atoms with E-state index in [9.17, 15) is 9.18 Å². The van der Waals surface area contributed by atoms with Crippen LogP contribution in [0, 0.1) is 12.1 Å². The largest absolute Gasteiger partial charge is 0.291 e. The van der Waals surface area contributed by atoms with Gasteiger partial charge in [0.2, 0.25) is 0 Å². The van der Waals surface area contributed by atoms with Gasteiger partial charge >= 0.3 is 0 Å². The number of hydrogen-bond acceptors (Lipinski definition) is 4. The Kier molecular flexibility index (Phi) is 3.52. The summed E-state index contributed by atoms with van der Waals surface area (Å²) in [6.45, 7) is 1.85. The van der Waals surface area contributed by atoms with Crippen molar-refractivity contribution in [1.29, 1.82) is 0 Å². The van der Waals surface area contributed by atoms with Gasteiger partial charge in [-0.2, -0.15) is 14.6 Å². The van der Waals surface area contributed by atoms with Gasteiger partial charge in [0.05, 0.1) is 11.1 Å². The second-order valence-electron chi connectivity index (χ2n) is 3.64. The van der Waals surface area contributed by atoms with Gasteiger partial charge in [-0.3, -0.25) is 9.48 Å². The van der Waals surface area contributed by atoms with Crippen LogP contribution in [0.3, 0.4) is 0 Å². The Morgan fingerprint density at radius 1 is 1.61 bits per heavy atom. The highest BCUT2D eigenvalue weighted by molar-refractivity contribution is 7.12. The van der Waals surface area contributed by atoms with Crippen LogP contribution < -0.4 is 5.43 Å². The van der Waals surface area contributed by atoms with Crippen LogP contribution in [-0.4, -0.2) is 21.9 Å². The van der Waals surface area contributed by atoms with Gasteiger partial charge in [-0.05, 0) is 25.1 Å². The molecule has 18 heavy (non-hydrogen) atoms. The van der Waals surface area contributed by atoms with Crippen molar-refractivity contribution in [3.63, 3.8) is 0 Å². The van der Waals surface area contributed by atoms with Crippen molar-refractivity contribution in [2.75, 3.05) is 0 Å². The van der Waals surface area contributed by atoms with Crippen molar-refractivity contribution < 1.29 is 9.18 Å². The van der Waals surface area contributed by atoms with E-state index in [1.165, 1.54) is 12.3 Å². The molecule has 2 rings (SSSR count). The van der Waals surface area contributed by atoms with Gasteiger partial charge < -0.3 is 0 Å². The summed E-state index contributed by atoms with van der Waals surface area (Å²) >= 11 is 0.955. The molecule has 0 spiro atoms. The minimum atomic E-state index is -0.396. The van der Waals surface area contributed by atoms with Crippen LogP contribution in [0.4, 0.5) is 4.39 Å². The zero-order valence-electron chi connectivity index (χ0n) is 9.85. The van der Waals surface area contributed by atoms with Gasteiger partial charge in [-0.1, -0.05) is 0 Å². The molecule has 2 heterocycles. The third-order valence-corrected chi connectivity index (χ3v) is 3.11. The summed E-state index contributed by atoms with van der Waals surface area (Å²) in [5.41, 5.74) is 3.51. The van der Waals surface area contributed by atoms with E-state index in [4.69, 9.17) is 0 Å². The quantitative estimate of drug-likeness (QED) is 0.679. The Labute approximate surface area is 107 Å². The third-order valence-electron chi connectivity index (χ3n) is 2.30. The van der Waals surface area contributed by atoms with E-state index in [1.54, 1.807) is 23.9 Å². The Hall–Kier alpha value is -2.02. The summed E-state index contributed by atoms with van der Waals surface area (Å²) in [7, 11) is 1.75. The summed E-state index contributed by atoms with van der Waals surface area (Å²) in [5, 5.41) is 7.46. The maximum atomic E-state index is 12.7. The number of aromatic nitrogens is 2. The van der Waals surface area contributed by atoms with Crippen LogP contribution in [0.1, 0.15) is 21.1 Å². The smallest absolute Gasteiger partial charge is 0.272 e. The first kappa shape index (κ1) is 12.4. The molecule has 7 heteroatoms.